The van der Waals surface area contributed by atoms with Gasteiger partial charge in [0.15, 0.2) is 0 Å². The molecule has 2 atom stereocenters. The Balaban J connectivity index is 1.78. The highest BCUT2D eigenvalue weighted by atomic mass is 16.6. The maximum Gasteiger partial charge on any atom is 0.308 e. The molecule has 2 aromatic carbocycles. The molecule has 124 valence electrons. The van der Waals surface area contributed by atoms with Gasteiger partial charge in [-0.25, -0.2) is 0 Å². The summed E-state index contributed by atoms with van der Waals surface area (Å²) in [5.74, 6) is -1.49. The second-order valence-electron chi connectivity index (χ2n) is 6.08. The van der Waals surface area contributed by atoms with Gasteiger partial charge < -0.3 is 5.11 Å². The van der Waals surface area contributed by atoms with Crippen LogP contribution in [0.5, 0.6) is 0 Å². The normalized spacial score (nSPS) is 20.8. The summed E-state index contributed by atoms with van der Waals surface area (Å²) < 4.78 is 0. The molecule has 0 amide bonds. The van der Waals surface area contributed by atoms with Crippen molar-refractivity contribution in [1.29, 1.82) is 0 Å². The van der Waals surface area contributed by atoms with Crippen molar-refractivity contribution in [3.63, 3.8) is 0 Å². The van der Waals surface area contributed by atoms with Crippen LogP contribution in [-0.4, -0.2) is 34.0 Å². The average Bonchev–Trinajstić information content (AvgIpc) is 3.00. The summed E-state index contributed by atoms with van der Waals surface area (Å²) in [5, 5.41) is 20.3. The third-order valence-corrected chi connectivity index (χ3v) is 4.49. The minimum atomic E-state index is -0.825. The van der Waals surface area contributed by atoms with Gasteiger partial charge in [0.25, 0.3) is 5.69 Å². The van der Waals surface area contributed by atoms with Crippen LogP contribution >= 0.6 is 0 Å². The Hall–Kier alpha value is -2.73. The van der Waals surface area contributed by atoms with Gasteiger partial charge >= 0.3 is 5.97 Å². The van der Waals surface area contributed by atoms with Gasteiger partial charge in [-0.3, -0.25) is 19.8 Å². The van der Waals surface area contributed by atoms with Crippen molar-refractivity contribution in [1.82, 2.24) is 4.90 Å². The summed E-state index contributed by atoms with van der Waals surface area (Å²) in [6.45, 7) is 1.81. The fourth-order valence-corrected chi connectivity index (χ4v) is 3.29. The number of aliphatic carboxylic acids is 1. The smallest absolute Gasteiger partial charge is 0.308 e. The summed E-state index contributed by atoms with van der Waals surface area (Å²) in [7, 11) is 0. The van der Waals surface area contributed by atoms with Crippen LogP contribution < -0.4 is 0 Å². The Labute approximate surface area is 139 Å². The molecule has 6 heteroatoms. The molecule has 1 saturated heterocycles. The Morgan fingerprint density at radius 3 is 2.38 bits per heavy atom. The molecule has 1 aliphatic rings. The van der Waals surface area contributed by atoms with Crippen molar-refractivity contribution in [2.24, 2.45) is 5.92 Å². The molecular weight excluding hydrogens is 308 g/mol. The number of nitro benzene ring substituents is 1. The largest absolute Gasteiger partial charge is 0.481 e. The maximum absolute atomic E-state index is 11.6. The van der Waals surface area contributed by atoms with Crippen LogP contribution in [0.2, 0.25) is 0 Å². The number of likely N-dealkylation sites (tertiary alicyclic amines) is 1. The van der Waals surface area contributed by atoms with Crippen molar-refractivity contribution in [3.05, 3.63) is 75.8 Å². The molecular formula is C18H18N2O4. The summed E-state index contributed by atoms with van der Waals surface area (Å²) in [6, 6.07) is 16.1. The highest BCUT2D eigenvalue weighted by Crippen LogP contribution is 2.34. The Bertz CT molecular complexity index is 730. The van der Waals surface area contributed by atoms with Crippen molar-refractivity contribution in [2.75, 3.05) is 13.1 Å². The molecule has 1 N–H and O–H groups in total. The van der Waals surface area contributed by atoms with Crippen LogP contribution in [0, 0.1) is 16.0 Å². The van der Waals surface area contributed by atoms with E-state index in [1.54, 1.807) is 12.1 Å². The maximum atomic E-state index is 11.6. The van der Waals surface area contributed by atoms with Crippen molar-refractivity contribution >= 4 is 11.7 Å². The van der Waals surface area contributed by atoms with E-state index in [0.29, 0.717) is 19.6 Å². The second kappa shape index (κ2) is 6.80. The minimum absolute atomic E-state index is 0.0183. The van der Waals surface area contributed by atoms with Gasteiger partial charge in [-0.2, -0.15) is 0 Å². The SMILES string of the molecule is O=C(O)[C@@H]1CN(Cc2ccccc2)C[C@@H]1c1ccc([N+](=O)[O-])cc1. The number of non-ortho nitro benzene ring substituents is 1. The molecule has 0 saturated carbocycles. The first-order chi connectivity index (χ1) is 11.5. The molecule has 1 fully saturated rings. The van der Waals surface area contributed by atoms with Gasteiger partial charge in [0.05, 0.1) is 10.8 Å². The van der Waals surface area contributed by atoms with Gasteiger partial charge in [-0.05, 0) is 11.1 Å². The third kappa shape index (κ3) is 3.44. The number of nitrogens with zero attached hydrogens (tertiary/aromatic N) is 2. The van der Waals surface area contributed by atoms with E-state index in [9.17, 15) is 20.0 Å². The van der Waals surface area contributed by atoms with E-state index in [1.165, 1.54) is 12.1 Å². The lowest BCUT2D eigenvalue weighted by Crippen LogP contribution is -2.23. The van der Waals surface area contributed by atoms with Crippen molar-refractivity contribution in [2.45, 2.75) is 12.5 Å². The average molecular weight is 326 g/mol. The molecule has 0 bridgehead atoms. The van der Waals surface area contributed by atoms with Crippen LogP contribution in [0.1, 0.15) is 17.0 Å². The Morgan fingerprint density at radius 2 is 1.79 bits per heavy atom. The summed E-state index contributed by atoms with van der Waals surface area (Å²) in [4.78, 5) is 24.1. The predicted molar refractivity (Wildman–Crippen MR) is 88.7 cm³/mol. The number of carboxylic acids is 1. The number of hydrogen-bond acceptors (Lipinski definition) is 4. The third-order valence-electron chi connectivity index (χ3n) is 4.49. The summed E-state index contributed by atoms with van der Waals surface area (Å²) >= 11 is 0. The second-order valence-corrected chi connectivity index (χ2v) is 6.08. The van der Waals surface area contributed by atoms with E-state index in [2.05, 4.69) is 4.90 Å². The first-order valence-corrected chi connectivity index (χ1v) is 7.78. The molecule has 0 unspecified atom stereocenters. The van der Waals surface area contributed by atoms with E-state index in [0.717, 1.165) is 11.1 Å². The van der Waals surface area contributed by atoms with Crippen LogP contribution in [0.4, 0.5) is 5.69 Å². The van der Waals surface area contributed by atoms with Crippen LogP contribution in [-0.2, 0) is 11.3 Å². The van der Waals surface area contributed by atoms with Crippen LogP contribution in [0.15, 0.2) is 54.6 Å². The Kier molecular flexibility index (Phi) is 4.57. The van der Waals surface area contributed by atoms with Gasteiger partial charge in [0, 0.05) is 37.7 Å². The topological polar surface area (TPSA) is 83.7 Å². The number of benzene rings is 2. The zero-order valence-corrected chi connectivity index (χ0v) is 13.0. The molecule has 0 aliphatic carbocycles. The lowest BCUT2D eigenvalue weighted by atomic mass is 9.89. The van der Waals surface area contributed by atoms with E-state index in [-0.39, 0.29) is 11.6 Å². The number of rotatable bonds is 5. The highest BCUT2D eigenvalue weighted by Gasteiger charge is 2.38. The summed E-state index contributed by atoms with van der Waals surface area (Å²) in [5.41, 5.74) is 2.00. The summed E-state index contributed by atoms with van der Waals surface area (Å²) in [6.07, 6.45) is 0. The monoisotopic (exact) mass is 326 g/mol. The standard InChI is InChI=1S/C18H18N2O4/c21-18(22)17-12-19(10-13-4-2-1-3-5-13)11-16(17)14-6-8-15(9-7-14)20(23)24/h1-9,16-17H,10-12H2,(H,21,22)/t16-,17-/m1/s1. The van der Waals surface area contributed by atoms with Crippen molar-refractivity contribution < 1.29 is 14.8 Å². The molecule has 1 aliphatic heterocycles. The predicted octanol–water partition coefficient (Wildman–Crippen LogP) is 2.90. The number of hydrogen-bond donors (Lipinski definition) is 1. The van der Waals surface area contributed by atoms with Crippen molar-refractivity contribution in [3.8, 4) is 0 Å². The van der Waals surface area contributed by atoms with E-state index in [1.807, 2.05) is 30.3 Å². The van der Waals surface area contributed by atoms with Gasteiger partial charge in [-0.1, -0.05) is 42.5 Å². The van der Waals surface area contributed by atoms with E-state index >= 15 is 0 Å². The highest BCUT2D eigenvalue weighted by molar-refractivity contribution is 5.72. The van der Waals surface area contributed by atoms with Gasteiger partial charge in [-0.15, -0.1) is 0 Å². The fourth-order valence-electron chi connectivity index (χ4n) is 3.29. The van der Waals surface area contributed by atoms with Crippen LogP contribution in [0.3, 0.4) is 0 Å². The molecule has 0 radical (unpaired) electrons. The van der Waals surface area contributed by atoms with Crippen LogP contribution in [0.25, 0.3) is 0 Å². The molecule has 3 rings (SSSR count). The van der Waals surface area contributed by atoms with E-state index < -0.39 is 16.8 Å². The molecule has 24 heavy (non-hydrogen) atoms. The lowest BCUT2D eigenvalue weighted by molar-refractivity contribution is -0.384. The minimum Gasteiger partial charge on any atom is -0.481 e. The van der Waals surface area contributed by atoms with E-state index in [4.69, 9.17) is 0 Å². The first kappa shape index (κ1) is 16.1. The number of carbonyl (C=O) groups is 1. The molecule has 1 heterocycles. The zero-order chi connectivity index (χ0) is 17.1. The fraction of sp³-hybridized carbons (Fsp3) is 0.278. The Morgan fingerprint density at radius 1 is 1.12 bits per heavy atom. The molecule has 2 aromatic rings. The zero-order valence-electron chi connectivity index (χ0n) is 13.0. The molecule has 6 nitrogen and oxygen atoms in total. The molecule has 0 aromatic heterocycles. The lowest BCUT2D eigenvalue weighted by Gasteiger charge is -2.16. The van der Waals surface area contributed by atoms with Gasteiger partial charge in [0.2, 0.25) is 0 Å². The molecule has 0 spiro atoms. The quantitative estimate of drug-likeness (QED) is 0.674. The van der Waals surface area contributed by atoms with Gasteiger partial charge in [0.1, 0.15) is 0 Å². The first-order valence-electron chi connectivity index (χ1n) is 7.78. The number of carboxylic acid groups (broad SMARTS) is 1. The number of nitro groups is 1.